The number of Topliss-reactive ketones (excluding diaryl/α,β-unsaturated/α-hetero) is 2. The van der Waals surface area contributed by atoms with Gasteiger partial charge in [-0.15, -0.1) is 0 Å². The Morgan fingerprint density at radius 2 is 0.692 bits per heavy atom. The molecule has 2 aliphatic heterocycles. The number of methoxy groups -OCH3 is 4. The Morgan fingerprint density at radius 3 is 1.02 bits per heavy atom. The third-order valence-corrected chi connectivity index (χ3v) is 23.4. The molecule has 17 nitrogen and oxygen atoms in total. The van der Waals surface area contributed by atoms with Gasteiger partial charge in [0.05, 0.1) is 77.9 Å². The van der Waals surface area contributed by atoms with E-state index in [9.17, 15) is 19.2 Å². The summed E-state index contributed by atoms with van der Waals surface area (Å²) in [4.78, 5) is 54.9. The standard InChI is InChI=1S/C100H106O17/c1-63(113-95(7,8)83(101)49-51-85(103)109-57-59-111-97(11)81-31-23-21-29-77(81)87-73-25-17-19-27-75(73)91-79(89(87)97)53-55-99(115-91,65-33-41-69(105-13)42-34-65)66-35-43-70(106-14)44-36-66)61-93(3,4)117-94(5,6)62-64(2)114-96(9,10)84(102)50-52-86(104)110-58-60-112-98(12)82-32-24-22-30-78(82)88-74-26-18-20-28-76(74)92-80(90(88)98)54-56-100(116-92,67-37-45-71(107-15)46-38-67)68-39-47-72(108-16)48-40-68/h17-48,53-56,63-64H,49-52,57-62H2,1-16H3. The Morgan fingerprint density at radius 1 is 0.385 bits per heavy atom. The second kappa shape index (κ2) is 32.9. The summed E-state index contributed by atoms with van der Waals surface area (Å²) in [5, 5.41) is 3.92. The van der Waals surface area contributed by atoms with E-state index in [0.717, 1.165) is 122 Å². The molecular formula is C100H106O17. The molecule has 2 heterocycles. The van der Waals surface area contributed by atoms with Crippen LogP contribution in [0.25, 0.3) is 56.0 Å². The maximum atomic E-state index is 13.9. The van der Waals surface area contributed by atoms with Crippen molar-refractivity contribution in [3.05, 3.63) is 262 Å². The first-order valence-electron chi connectivity index (χ1n) is 40.4. The van der Waals surface area contributed by atoms with Crippen molar-refractivity contribution in [1.82, 2.24) is 0 Å². The van der Waals surface area contributed by atoms with E-state index in [0.29, 0.717) is 24.3 Å². The van der Waals surface area contributed by atoms with Gasteiger partial charge in [-0.05, 0) is 188 Å². The molecule has 0 saturated heterocycles. The van der Waals surface area contributed by atoms with Crippen molar-refractivity contribution in [3.8, 4) is 56.8 Å². The largest absolute Gasteiger partial charge is 0.497 e. The number of carbonyl (C=O) groups excluding carboxylic acids is 4. The van der Waals surface area contributed by atoms with Crippen molar-refractivity contribution in [3.63, 3.8) is 0 Å². The van der Waals surface area contributed by atoms with Crippen LogP contribution in [0.2, 0.25) is 0 Å². The van der Waals surface area contributed by atoms with Crippen LogP contribution < -0.4 is 28.4 Å². The van der Waals surface area contributed by atoms with Crippen molar-refractivity contribution >= 4 is 57.2 Å². The lowest BCUT2D eigenvalue weighted by atomic mass is 9.80. The van der Waals surface area contributed by atoms with E-state index >= 15 is 0 Å². The van der Waals surface area contributed by atoms with Crippen LogP contribution in [0.1, 0.15) is 177 Å². The summed E-state index contributed by atoms with van der Waals surface area (Å²) in [7, 11) is 6.60. The van der Waals surface area contributed by atoms with Crippen LogP contribution in [-0.4, -0.2) is 113 Å². The number of carbonyl (C=O) groups is 4. The molecule has 0 N–H and O–H groups in total. The zero-order valence-corrected chi connectivity index (χ0v) is 70.0. The summed E-state index contributed by atoms with van der Waals surface area (Å²) in [6.07, 6.45) is 8.04. The van der Waals surface area contributed by atoms with Crippen molar-refractivity contribution in [2.45, 2.75) is 179 Å². The average Bonchev–Trinajstić information content (AvgIpc) is 1.59. The Balaban J connectivity index is 0.543. The lowest BCUT2D eigenvalue weighted by Gasteiger charge is -2.40. The molecule has 10 aromatic carbocycles. The van der Waals surface area contributed by atoms with Gasteiger partial charge in [-0.3, -0.25) is 19.2 Å². The minimum Gasteiger partial charge on any atom is -0.497 e. The monoisotopic (exact) mass is 1580 g/mol. The van der Waals surface area contributed by atoms with Crippen molar-refractivity contribution in [1.29, 1.82) is 0 Å². The number of benzene rings is 10. The smallest absolute Gasteiger partial charge is 0.306 e. The van der Waals surface area contributed by atoms with E-state index in [-0.39, 0.29) is 63.7 Å². The van der Waals surface area contributed by atoms with Crippen molar-refractivity contribution < 1.29 is 80.8 Å². The lowest BCUT2D eigenvalue weighted by molar-refractivity contribution is -0.179. The highest BCUT2D eigenvalue weighted by atomic mass is 16.6. The van der Waals surface area contributed by atoms with Gasteiger partial charge in [0.25, 0.3) is 0 Å². The van der Waals surface area contributed by atoms with Gasteiger partial charge in [-0.1, -0.05) is 158 Å². The van der Waals surface area contributed by atoms with E-state index in [1.54, 1.807) is 56.1 Å². The second-order valence-corrected chi connectivity index (χ2v) is 33.4. The molecule has 14 rings (SSSR count). The SMILES string of the molecule is COc1ccc(C2(c3ccc(OC)cc3)C=Cc3c4c(c5ccccc5c3O2)-c2ccccc2C4(C)OCCOC(=O)CCC(=O)C(C)(C)OC(C)CC(C)(C)OC(C)(C)CC(C)OC(C)(C)C(=O)CCC(=O)OCCOC2(C)c3ccccc3-c3c2c2c(c4ccccc34)OC(c3ccc(OC)cc3)(c3ccc(OC)cc3)C=C2)cc1. The van der Waals surface area contributed by atoms with Gasteiger partial charge in [0, 0.05) is 81.0 Å². The summed E-state index contributed by atoms with van der Waals surface area (Å²) < 4.78 is 82.5. The van der Waals surface area contributed by atoms with E-state index in [1.807, 2.05) is 187 Å². The highest BCUT2D eigenvalue weighted by molar-refractivity contribution is 6.10. The number of fused-ring (bicyclic) bond motifs is 16. The average molecular weight is 1580 g/mol. The molecule has 0 aromatic heterocycles. The number of hydrogen-bond acceptors (Lipinski definition) is 17. The predicted molar refractivity (Wildman–Crippen MR) is 455 cm³/mol. The molecule has 0 spiro atoms. The topological polar surface area (TPSA) is 188 Å². The van der Waals surface area contributed by atoms with Crippen LogP contribution in [0.3, 0.4) is 0 Å². The summed E-state index contributed by atoms with van der Waals surface area (Å²) in [6.45, 7) is 22.8. The summed E-state index contributed by atoms with van der Waals surface area (Å²) >= 11 is 0. The minimum atomic E-state index is -1.24. The Bertz CT molecular complexity index is 5010. The summed E-state index contributed by atoms with van der Waals surface area (Å²) in [5.74, 6) is 2.78. The van der Waals surface area contributed by atoms with Crippen LogP contribution in [-0.2, 0) is 74.7 Å². The van der Waals surface area contributed by atoms with Gasteiger partial charge in [-0.2, -0.15) is 0 Å². The van der Waals surface area contributed by atoms with Crippen LogP contribution in [0, 0.1) is 0 Å². The van der Waals surface area contributed by atoms with Crippen molar-refractivity contribution in [2.75, 3.05) is 54.9 Å². The predicted octanol–water partition coefficient (Wildman–Crippen LogP) is 20.5. The fraction of sp³-hybridized carbons (Fsp3) is 0.360. The quantitative estimate of drug-likeness (QED) is 0.0273. The number of ether oxygens (including phenoxy) is 13. The third-order valence-electron chi connectivity index (χ3n) is 23.4. The number of esters is 2. The molecule has 0 amide bonds. The zero-order chi connectivity index (χ0) is 83.0. The maximum absolute atomic E-state index is 13.9. The molecule has 0 bridgehead atoms. The van der Waals surface area contributed by atoms with Crippen LogP contribution in [0.15, 0.2) is 206 Å². The molecule has 0 fully saturated rings. The Labute approximate surface area is 686 Å². The summed E-state index contributed by atoms with van der Waals surface area (Å²) in [6, 6.07) is 64.9. The molecule has 2 aliphatic carbocycles. The molecule has 4 aliphatic rings. The van der Waals surface area contributed by atoms with Gasteiger partial charge in [-0.25, -0.2) is 0 Å². The number of rotatable bonds is 34. The first-order chi connectivity index (χ1) is 55.9. The Hall–Kier alpha value is -10.9. The normalized spacial score (nSPS) is 17.2. The van der Waals surface area contributed by atoms with Crippen LogP contribution >= 0.6 is 0 Å². The van der Waals surface area contributed by atoms with Crippen LogP contribution in [0.4, 0.5) is 0 Å². The fourth-order valence-corrected chi connectivity index (χ4v) is 18.3. The first-order valence-corrected chi connectivity index (χ1v) is 40.4. The van der Waals surface area contributed by atoms with Gasteiger partial charge >= 0.3 is 11.9 Å². The molecule has 17 heteroatoms. The van der Waals surface area contributed by atoms with Crippen LogP contribution in [0.5, 0.6) is 34.5 Å². The highest BCUT2D eigenvalue weighted by Gasteiger charge is 2.50. The molecule has 0 saturated carbocycles. The minimum absolute atomic E-state index is 0.0471. The lowest BCUT2D eigenvalue weighted by Crippen LogP contribution is -2.45. The van der Waals surface area contributed by atoms with E-state index < -0.39 is 69.0 Å². The molecule has 0 radical (unpaired) electrons. The zero-order valence-electron chi connectivity index (χ0n) is 70.0. The second-order valence-electron chi connectivity index (χ2n) is 33.4. The molecule has 608 valence electrons. The third kappa shape index (κ3) is 16.1. The van der Waals surface area contributed by atoms with E-state index in [1.165, 1.54) is 0 Å². The van der Waals surface area contributed by atoms with Gasteiger partial charge in [0.2, 0.25) is 0 Å². The van der Waals surface area contributed by atoms with Gasteiger partial charge in [0.1, 0.15) is 70.1 Å². The van der Waals surface area contributed by atoms with E-state index in [2.05, 4.69) is 86.7 Å². The van der Waals surface area contributed by atoms with Crippen molar-refractivity contribution in [2.24, 2.45) is 0 Å². The highest BCUT2D eigenvalue weighted by Crippen LogP contribution is 2.61. The Kier molecular flexibility index (Phi) is 23.2. The van der Waals surface area contributed by atoms with Gasteiger partial charge in [0.15, 0.2) is 22.8 Å². The number of hydrogen-bond donors (Lipinski definition) is 0. The molecule has 4 unspecified atom stereocenters. The number of ketones is 2. The molecule has 4 atom stereocenters. The van der Waals surface area contributed by atoms with E-state index in [4.69, 9.17) is 61.6 Å². The fourth-order valence-electron chi connectivity index (χ4n) is 18.3. The maximum Gasteiger partial charge on any atom is 0.306 e. The summed E-state index contributed by atoms with van der Waals surface area (Å²) in [5.41, 5.74) is 5.43. The first kappa shape index (κ1) is 82.6. The molecular weight excluding hydrogens is 1470 g/mol. The molecule has 117 heavy (non-hydrogen) atoms. The molecule has 10 aromatic rings. The van der Waals surface area contributed by atoms with Gasteiger partial charge < -0.3 is 61.6 Å².